The molecule has 0 bridgehead atoms. The Hall–Kier alpha value is -1.66. The van der Waals surface area contributed by atoms with Crippen molar-refractivity contribution in [3.05, 3.63) is 34.3 Å². The molecule has 1 aliphatic rings. The molecule has 2 aromatic rings. The van der Waals surface area contributed by atoms with Crippen molar-refractivity contribution in [1.29, 1.82) is 0 Å². The Balaban J connectivity index is 1.89. The van der Waals surface area contributed by atoms with Gasteiger partial charge < -0.3 is 10.2 Å². The molecule has 0 amide bonds. The van der Waals surface area contributed by atoms with Gasteiger partial charge in [-0.05, 0) is 36.6 Å². The number of nitrogens with one attached hydrogen (secondary N) is 1. The smallest absolute Gasteiger partial charge is 0.233 e. The van der Waals surface area contributed by atoms with E-state index in [0.717, 1.165) is 25.9 Å². The number of aromatic nitrogens is 3. The van der Waals surface area contributed by atoms with Gasteiger partial charge in [0.05, 0.1) is 10.7 Å². The average Bonchev–Trinajstić information content (AvgIpc) is 2.97. The van der Waals surface area contributed by atoms with Crippen LogP contribution in [0.2, 0.25) is 10.3 Å². The molecule has 3 rings (SSSR count). The summed E-state index contributed by atoms with van der Waals surface area (Å²) in [4.78, 5) is 14.4. The van der Waals surface area contributed by atoms with E-state index in [0.29, 0.717) is 5.95 Å². The summed E-state index contributed by atoms with van der Waals surface area (Å²) in [7, 11) is 0. The van der Waals surface area contributed by atoms with Crippen molar-refractivity contribution in [2.75, 3.05) is 23.3 Å². The molecule has 0 aliphatic carbocycles. The van der Waals surface area contributed by atoms with E-state index >= 15 is 0 Å². The molecule has 0 unspecified atom stereocenters. The first kappa shape index (κ1) is 14.3. The Bertz CT molecular complexity index is 661. The van der Waals surface area contributed by atoms with Crippen LogP contribution in [-0.4, -0.2) is 28.0 Å². The fraction of sp³-hybridized carbons (Fsp3) is 0.308. The van der Waals surface area contributed by atoms with Gasteiger partial charge in [-0.25, -0.2) is 4.39 Å². The van der Waals surface area contributed by atoms with E-state index in [9.17, 15) is 4.39 Å². The predicted molar refractivity (Wildman–Crippen MR) is 81.0 cm³/mol. The van der Waals surface area contributed by atoms with Gasteiger partial charge in [0.1, 0.15) is 0 Å². The van der Waals surface area contributed by atoms with Crippen LogP contribution in [-0.2, 0) is 0 Å². The SMILES string of the molecule is Fc1c(Cl)cccc1Nc1nc(Cl)nc(N2CCCC2)n1. The lowest BCUT2D eigenvalue weighted by atomic mass is 10.3. The molecule has 1 aromatic heterocycles. The maximum atomic E-state index is 13.9. The summed E-state index contributed by atoms with van der Waals surface area (Å²) in [5.41, 5.74) is 0.192. The van der Waals surface area contributed by atoms with Crippen LogP contribution in [0.3, 0.4) is 0 Å². The van der Waals surface area contributed by atoms with Crippen molar-refractivity contribution in [3.8, 4) is 0 Å². The monoisotopic (exact) mass is 327 g/mol. The fourth-order valence-corrected chi connectivity index (χ4v) is 2.51. The number of hydrogen-bond donors (Lipinski definition) is 1. The first-order valence-electron chi connectivity index (χ1n) is 6.51. The topological polar surface area (TPSA) is 53.9 Å². The minimum absolute atomic E-state index is 0.0277. The molecular formula is C13H12Cl2FN5. The molecule has 1 fully saturated rings. The number of hydrogen-bond acceptors (Lipinski definition) is 5. The van der Waals surface area contributed by atoms with Crippen molar-refractivity contribution in [1.82, 2.24) is 15.0 Å². The maximum Gasteiger partial charge on any atom is 0.233 e. The lowest BCUT2D eigenvalue weighted by Crippen LogP contribution is -2.21. The third-order valence-electron chi connectivity index (χ3n) is 3.18. The highest BCUT2D eigenvalue weighted by molar-refractivity contribution is 6.31. The molecule has 8 heteroatoms. The molecule has 0 atom stereocenters. The van der Waals surface area contributed by atoms with Gasteiger partial charge in [0, 0.05) is 13.1 Å². The van der Waals surface area contributed by atoms with Crippen LogP contribution < -0.4 is 10.2 Å². The van der Waals surface area contributed by atoms with Gasteiger partial charge in [-0.15, -0.1) is 0 Å². The Labute approximate surface area is 131 Å². The standard InChI is InChI=1S/C13H12Cl2FN5/c14-8-4-3-5-9(10(8)16)17-12-18-11(15)19-13(20-12)21-6-1-2-7-21/h3-5H,1-2,6-7H2,(H,17,18,19,20). The van der Waals surface area contributed by atoms with Gasteiger partial charge in [0.2, 0.25) is 17.2 Å². The number of rotatable bonds is 3. The maximum absolute atomic E-state index is 13.9. The van der Waals surface area contributed by atoms with Gasteiger partial charge in [-0.1, -0.05) is 17.7 Å². The Morgan fingerprint density at radius 3 is 2.62 bits per heavy atom. The highest BCUT2D eigenvalue weighted by atomic mass is 35.5. The second-order valence-corrected chi connectivity index (χ2v) is 5.39. The van der Waals surface area contributed by atoms with Gasteiger partial charge in [0.25, 0.3) is 0 Å². The summed E-state index contributed by atoms with van der Waals surface area (Å²) < 4.78 is 13.9. The van der Waals surface area contributed by atoms with Crippen molar-refractivity contribution >= 4 is 40.8 Å². The minimum atomic E-state index is -0.557. The van der Waals surface area contributed by atoms with Crippen molar-refractivity contribution in [2.24, 2.45) is 0 Å². The molecule has 1 saturated heterocycles. The molecule has 21 heavy (non-hydrogen) atoms. The Morgan fingerprint density at radius 2 is 1.86 bits per heavy atom. The molecule has 2 heterocycles. The summed E-state index contributed by atoms with van der Waals surface area (Å²) in [5.74, 6) is 0.133. The second kappa shape index (κ2) is 5.99. The molecule has 0 spiro atoms. The van der Waals surface area contributed by atoms with Crippen LogP contribution in [0.25, 0.3) is 0 Å². The zero-order chi connectivity index (χ0) is 14.8. The first-order valence-corrected chi connectivity index (χ1v) is 7.26. The Morgan fingerprint density at radius 1 is 1.10 bits per heavy atom. The van der Waals surface area contributed by atoms with E-state index in [1.807, 2.05) is 4.90 Å². The summed E-state index contributed by atoms with van der Waals surface area (Å²) in [5, 5.41) is 2.88. The van der Waals surface area contributed by atoms with Crippen molar-refractivity contribution in [2.45, 2.75) is 12.8 Å². The zero-order valence-corrected chi connectivity index (χ0v) is 12.5. The number of nitrogens with zero attached hydrogens (tertiary/aromatic N) is 4. The molecule has 1 N–H and O–H groups in total. The lowest BCUT2D eigenvalue weighted by molar-refractivity contribution is 0.632. The van der Waals surface area contributed by atoms with Gasteiger partial charge in [-0.2, -0.15) is 15.0 Å². The van der Waals surface area contributed by atoms with Crippen molar-refractivity contribution in [3.63, 3.8) is 0 Å². The highest BCUT2D eigenvalue weighted by Gasteiger charge is 2.17. The third kappa shape index (κ3) is 3.16. The lowest BCUT2D eigenvalue weighted by Gasteiger charge is -2.16. The van der Waals surface area contributed by atoms with Crippen LogP contribution in [0.5, 0.6) is 0 Å². The van der Waals surface area contributed by atoms with E-state index < -0.39 is 5.82 Å². The van der Waals surface area contributed by atoms with Crippen LogP contribution in [0.4, 0.5) is 22.0 Å². The average molecular weight is 328 g/mol. The fourth-order valence-electron chi connectivity index (χ4n) is 2.17. The Kier molecular flexibility index (Phi) is 4.07. The summed E-state index contributed by atoms with van der Waals surface area (Å²) in [6, 6.07) is 4.66. The molecule has 0 saturated carbocycles. The van der Waals surface area contributed by atoms with E-state index in [2.05, 4.69) is 20.3 Å². The molecular weight excluding hydrogens is 316 g/mol. The summed E-state index contributed by atoms with van der Waals surface area (Å²) in [6.07, 6.45) is 2.18. The molecule has 0 radical (unpaired) electrons. The van der Waals surface area contributed by atoms with Crippen LogP contribution >= 0.6 is 23.2 Å². The highest BCUT2D eigenvalue weighted by Crippen LogP contribution is 2.25. The summed E-state index contributed by atoms with van der Waals surface area (Å²) in [6.45, 7) is 1.76. The molecule has 5 nitrogen and oxygen atoms in total. The van der Waals surface area contributed by atoms with Crippen LogP contribution in [0.15, 0.2) is 18.2 Å². The quantitative estimate of drug-likeness (QED) is 0.932. The number of benzene rings is 1. The van der Waals surface area contributed by atoms with E-state index in [1.165, 1.54) is 6.07 Å². The normalized spacial score (nSPS) is 14.5. The zero-order valence-electron chi connectivity index (χ0n) is 11.0. The van der Waals surface area contributed by atoms with Crippen LogP contribution in [0, 0.1) is 5.82 Å². The molecule has 110 valence electrons. The number of halogens is 3. The predicted octanol–water partition coefficient (Wildman–Crippen LogP) is 3.66. The molecule has 1 aliphatic heterocycles. The summed E-state index contributed by atoms with van der Waals surface area (Å²) >= 11 is 11.7. The van der Waals surface area contributed by atoms with Gasteiger partial charge >= 0.3 is 0 Å². The van der Waals surface area contributed by atoms with E-state index in [-0.39, 0.29) is 21.9 Å². The third-order valence-corrected chi connectivity index (χ3v) is 3.64. The van der Waals surface area contributed by atoms with Gasteiger partial charge in [0.15, 0.2) is 5.82 Å². The second-order valence-electron chi connectivity index (χ2n) is 4.65. The first-order chi connectivity index (χ1) is 10.1. The van der Waals surface area contributed by atoms with Crippen LogP contribution in [0.1, 0.15) is 12.8 Å². The van der Waals surface area contributed by atoms with E-state index in [4.69, 9.17) is 23.2 Å². The molecule has 1 aromatic carbocycles. The number of anilines is 3. The largest absolute Gasteiger partial charge is 0.341 e. The van der Waals surface area contributed by atoms with Gasteiger partial charge in [-0.3, -0.25) is 0 Å². The van der Waals surface area contributed by atoms with Crippen molar-refractivity contribution < 1.29 is 4.39 Å². The van der Waals surface area contributed by atoms with E-state index in [1.54, 1.807) is 12.1 Å². The minimum Gasteiger partial charge on any atom is -0.341 e.